The molecule has 0 saturated carbocycles. The van der Waals surface area contributed by atoms with Crippen LogP contribution in [-0.2, 0) is 17.6 Å². The average Bonchev–Trinajstić information content (AvgIpc) is 2.57. The third kappa shape index (κ3) is 2.02. The number of hydrogen-bond donors (Lipinski definition) is 1. The highest BCUT2D eigenvalue weighted by atomic mass is 19.4. The lowest BCUT2D eigenvalue weighted by Gasteiger charge is -2.04. The lowest BCUT2D eigenvalue weighted by molar-refractivity contribution is -0.137. The molecule has 0 saturated heterocycles. The van der Waals surface area contributed by atoms with E-state index in [0.717, 1.165) is 12.1 Å². The van der Waals surface area contributed by atoms with Crippen molar-refractivity contribution in [2.75, 3.05) is 0 Å². The molecule has 6 heteroatoms. The highest BCUT2D eigenvalue weighted by molar-refractivity contribution is 5.78. The minimum atomic E-state index is -4.35. The largest absolute Gasteiger partial charge is 0.459 e. The van der Waals surface area contributed by atoms with Crippen LogP contribution in [0.1, 0.15) is 11.3 Å². The molecule has 16 heavy (non-hydrogen) atoms. The van der Waals surface area contributed by atoms with Gasteiger partial charge in [-0.05, 0) is 24.3 Å². The summed E-state index contributed by atoms with van der Waals surface area (Å²) in [6.45, 7) is 0.0238. The van der Waals surface area contributed by atoms with E-state index < -0.39 is 11.7 Å². The Labute approximate surface area is 88.5 Å². The van der Waals surface area contributed by atoms with Crippen LogP contribution in [0.2, 0.25) is 0 Å². The predicted molar refractivity (Wildman–Crippen MR) is 50.2 cm³/mol. The molecular weight excluding hydrogens is 223 g/mol. The number of nitrogens with two attached hydrogens (primary N) is 1. The van der Waals surface area contributed by atoms with Gasteiger partial charge in [0.05, 0.1) is 5.56 Å². The number of halogens is 3. The number of fused-ring (bicyclic) bond motifs is 1. The van der Waals surface area contributed by atoms with E-state index in [9.17, 15) is 13.2 Å². The number of benzene rings is 1. The monoisotopic (exact) mass is 231 g/mol. The number of furan rings is 1. The summed E-state index contributed by atoms with van der Waals surface area (Å²) in [6.07, 6.45) is -4.35. The zero-order valence-corrected chi connectivity index (χ0v) is 8.04. The Kier molecular flexibility index (Phi) is 2.61. The van der Waals surface area contributed by atoms with Crippen LogP contribution in [0.3, 0.4) is 0 Å². The lowest BCUT2D eigenvalue weighted by Crippen LogP contribution is -2.03. The van der Waals surface area contributed by atoms with E-state index >= 15 is 0 Å². The van der Waals surface area contributed by atoms with Gasteiger partial charge in [-0.15, -0.1) is 0 Å². The Hall–Kier alpha value is -1.53. The Balaban J connectivity index is 2.46. The summed E-state index contributed by atoms with van der Waals surface area (Å²) in [5.41, 5.74) is -0.332. The molecule has 3 nitrogen and oxygen atoms in total. The summed E-state index contributed by atoms with van der Waals surface area (Å²) in [7, 11) is 0. The first-order valence-electron chi connectivity index (χ1n) is 4.42. The van der Waals surface area contributed by atoms with Gasteiger partial charge in [0.15, 0.2) is 0 Å². The number of hydrogen-bond acceptors (Lipinski definition) is 3. The molecule has 0 spiro atoms. The molecule has 86 valence electrons. The third-order valence-electron chi connectivity index (χ3n) is 2.12. The highest BCUT2D eigenvalue weighted by Crippen LogP contribution is 2.32. The molecule has 0 atom stereocenters. The van der Waals surface area contributed by atoms with Crippen molar-refractivity contribution in [3.63, 3.8) is 0 Å². The molecule has 0 fully saturated rings. The van der Waals surface area contributed by atoms with Gasteiger partial charge in [-0.3, -0.25) is 4.84 Å². The normalized spacial score (nSPS) is 12.2. The molecule has 2 rings (SSSR count). The molecule has 1 aromatic heterocycles. The molecule has 0 radical (unpaired) electrons. The molecule has 0 amide bonds. The van der Waals surface area contributed by atoms with Crippen LogP contribution in [0.5, 0.6) is 0 Å². The van der Waals surface area contributed by atoms with Gasteiger partial charge in [0, 0.05) is 5.39 Å². The minimum Gasteiger partial charge on any atom is -0.459 e. The van der Waals surface area contributed by atoms with Gasteiger partial charge in [0.2, 0.25) is 0 Å². The van der Waals surface area contributed by atoms with Crippen LogP contribution in [0, 0.1) is 0 Å². The fraction of sp³-hybridized carbons (Fsp3) is 0.200. The van der Waals surface area contributed by atoms with Gasteiger partial charge in [-0.2, -0.15) is 13.2 Å². The van der Waals surface area contributed by atoms with Crippen LogP contribution in [0.25, 0.3) is 11.0 Å². The van der Waals surface area contributed by atoms with E-state index in [-0.39, 0.29) is 6.61 Å². The molecule has 1 aromatic carbocycles. The van der Waals surface area contributed by atoms with E-state index in [2.05, 4.69) is 4.84 Å². The maximum absolute atomic E-state index is 12.4. The van der Waals surface area contributed by atoms with Gasteiger partial charge in [0.1, 0.15) is 18.0 Å². The van der Waals surface area contributed by atoms with Gasteiger partial charge < -0.3 is 4.42 Å². The zero-order chi connectivity index (χ0) is 11.8. The first-order chi connectivity index (χ1) is 7.50. The van der Waals surface area contributed by atoms with Gasteiger partial charge in [-0.1, -0.05) is 0 Å². The van der Waals surface area contributed by atoms with E-state index in [1.54, 1.807) is 0 Å². The molecular formula is C10H8F3NO2. The predicted octanol–water partition coefficient (Wildman–Crippen LogP) is 2.84. The highest BCUT2D eigenvalue weighted by Gasteiger charge is 2.30. The average molecular weight is 231 g/mol. The van der Waals surface area contributed by atoms with Gasteiger partial charge in [-0.25, -0.2) is 5.90 Å². The quantitative estimate of drug-likeness (QED) is 0.808. The molecule has 0 unspecified atom stereocenters. The van der Waals surface area contributed by atoms with Gasteiger partial charge in [0.25, 0.3) is 0 Å². The number of rotatable bonds is 2. The smallest absolute Gasteiger partial charge is 0.416 e. The van der Waals surface area contributed by atoms with Crippen molar-refractivity contribution in [1.29, 1.82) is 0 Å². The van der Waals surface area contributed by atoms with Crippen LogP contribution in [0.4, 0.5) is 13.2 Å². The fourth-order valence-electron chi connectivity index (χ4n) is 1.43. The second-order valence-corrected chi connectivity index (χ2v) is 3.27. The van der Waals surface area contributed by atoms with Crippen molar-refractivity contribution in [2.24, 2.45) is 5.90 Å². The fourth-order valence-corrected chi connectivity index (χ4v) is 1.43. The van der Waals surface area contributed by atoms with Crippen LogP contribution in [-0.4, -0.2) is 0 Å². The second kappa shape index (κ2) is 3.80. The van der Waals surface area contributed by atoms with E-state index in [0.29, 0.717) is 16.7 Å². The first-order valence-corrected chi connectivity index (χ1v) is 4.42. The second-order valence-electron chi connectivity index (χ2n) is 3.27. The Morgan fingerprint density at radius 1 is 1.25 bits per heavy atom. The number of alkyl halides is 3. The zero-order valence-electron chi connectivity index (χ0n) is 8.04. The van der Waals surface area contributed by atoms with E-state index in [1.807, 2.05) is 0 Å². The van der Waals surface area contributed by atoms with Crippen molar-refractivity contribution < 1.29 is 22.4 Å². The maximum Gasteiger partial charge on any atom is 0.416 e. The topological polar surface area (TPSA) is 48.4 Å². The maximum atomic E-state index is 12.4. The summed E-state index contributed by atoms with van der Waals surface area (Å²) in [4.78, 5) is 4.34. The lowest BCUT2D eigenvalue weighted by atomic mass is 10.1. The van der Waals surface area contributed by atoms with Crippen molar-refractivity contribution in [3.8, 4) is 0 Å². The standard InChI is InChI=1S/C10H8F3NO2/c11-10(12,13)7-1-2-9-6(3-7)4-8(16-9)5-15-14/h1-4H,5,14H2. The summed E-state index contributed by atoms with van der Waals surface area (Å²) >= 11 is 0. The Morgan fingerprint density at radius 3 is 2.62 bits per heavy atom. The molecule has 0 bridgehead atoms. The first kappa shape index (κ1) is 11.0. The molecule has 1 heterocycles. The van der Waals surface area contributed by atoms with Gasteiger partial charge >= 0.3 is 6.18 Å². The van der Waals surface area contributed by atoms with E-state index in [1.165, 1.54) is 12.1 Å². The molecule has 2 N–H and O–H groups in total. The SMILES string of the molecule is NOCc1cc2cc(C(F)(F)F)ccc2o1. The van der Waals surface area contributed by atoms with Crippen LogP contribution >= 0.6 is 0 Å². The molecule has 2 aromatic rings. The molecule has 0 aliphatic rings. The van der Waals surface area contributed by atoms with E-state index in [4.69, 9.17) is 10.3 Å². The summed E-state index contributed by atoms with van der Waals surface area (Å²) in [5, 5.41) is 0.377. The van der Waals surface area contributed by atoms with Crippen LogP contribution < -0.4 is 5.90 Å². The molecule has 0 aliphatic carbocycles. The van der Waals surface area contributed by atoms with Crippen LogP contribution in [0.15, 0.2) is 28.7 Å². The Bertz CT molecular complexity index is 504. The summed E-state index contributed by atoms with van der Waals surface area (Å²) < 4.78 is 42.4. The summed E-state index contributed by atoms with van der Waals surface area (Å²) in [5.74, 6) is 5.23. The third-order valence-corrected chi connectivity index (χ3v) is 2.12. The van der Waals surface area contributed by atoms with Crippen molar-refractivity contribution in [2.45, 2.75) is 12.8 Å². The van der Waals surface area contributed by atoms with Crippen molar-refractivity contribution in [3.05, 3.63) is 35.6 Å². The Morgan fingerprint density at radius 2 is 2.00 bits per heavy atom. The summed E-state index contributed by atoms with van der Waals surface area (Å²) in [6, 6.07) is 4.74. The van der Waals surface area contributed by atoms with Crippen molar-refractivity contribution >= 4 is 11.0 Å². The molecule has 0 aliphatic heterocycles. The van der Waals surface area contributed by atoms with Crippen molar-refractivity contribution in [1.82, 2.24) is 0 Å². The minimum absolute atomic E-state index is 0.0238.